The van der Waals surface area contributed by atoms with Crippen LogP contribution >= 0.6 is 0 Å². The normalized spacial score (nSPS) is 12.8. The molecule has 0 N–H and O–H groups in total. The van der Waals surface area contributed by atoms with Crippen molar-refractivity contribution in [2.75, 3.05) is 6.26 Å². The van der Waals surface area contributed by atoms with Gasteiger partial charge in [0, 0.05) is 11.9 Å². The second kappa shape index (κ2) is 8.59. The maximum Gasteiger partial charge on any atom is 0.450 e. The highest BCUT2D eigenvalue weighted by Gasteiger charge is 2.41. The summed E-state index contributed by atoms with van der Waals surface area (Å²) < 4.78 is 111. The van der Waals surface area contributed by atoms with Crippen LogP contribution in [0, 0.1) is 0 Å². The molecule has 0 saturated heterocycles. The Morgan fingerprint density at radius 3 is 2.14 bits per heavy atom. The molecule has 3 aromatic carbocycles. The minimum atomic E-state index is -5.01. The minimum Gasteiger partial charge on any atom is -0.489 e. The Kier molecular flexibility index (Phi) is 6.04. The van der Waals surface area contributed by atoms with E-state index in [1.807, 2.05) is 0 Å². The molecule has 12 heteroatoms. The van der Waals surface area contributed by atoms with Crippen molar-refractivity contribution in [1.29, 1.82) is 0 Å². The van der Waals surface area contributed by atoms with Gasteiger partial charge in [-0.05, 0) is 54.1 Å². The second-order valence-corrected chi connectivity index (χ2v) is 9.66. The number of hydrogen-bond donors (Lipinski definition) is 0. The summed E-state index contributed by atoms with van der Waals surface area (Å²) in [7, 11) is -3.41. The number of hydrogen-bond acceptors (Lipinski definition) is 4. The van der Waals surface area contributed by atoms with Gasteiger partial charge in [0.05, 0.1) is 16.0 Å². The van der Waals surface area contributed by atoms with Crippen molar-refractivity contribution in [1.82, 2.24) is 9.55 Å². The molecule has 0 radical (unpaired) electrons. The van der Waals surface area contributed by atoms with Crippen LogP contribution in [-0.4, -0.2) is 24.2 Å². The Morgan fingerprint density at radius 1 is 0.886 bits per heavy atom. The van der Waals surface area contributed by atoms with Crippen LogP contribution in [0.15, 0.2) is 71.6 Å². The molecule has 0 aliphatic carbocycles. The van der Waals surface area contributed by atoms with Gasteiger partial charge in [0.15, 0.2) is 9.84 Å². The number of aromatic nitrogens is 2. The first-order valence-electron chi connectivity index (χ1n) is 9.93. The number of alkyl halides is 6. The van der Waals surface area contributed by atoms with Gasteiger partial charge in [-0.25, -0.2) is 13.4 Å². The summed E-state index contributed by atoms with van der Waals surface area (Å²) in [6.07, 6.45) is -8.83. The number of sulfone groups is 1. The maximum absolute atomic E-state index is 13.7. The van der Waals surface area contributed by atoms with Crippen molar-refractivity contribution in [3.05, 3.63) is 83.7 Å². The van der Waals surface area contributed by atoms with E-state index in [0.29, 0.717) is 16.2 Å². The minimum absolute atomic E-state index is 0.0144. The van der Waals surface area contributed by atoms with Crippen LogP contribution in [-0.2, 0) is 28.8 Å². The zero-order chi connectivity index (χ0) is 25.6. The first-order chi connectivity index (χ1) is 16.2. The Labute approximate surface area is 195 Å². The molecule has 0 bridgehead atoms. The van der Waals surface area contributed by atoms with E-state index in [1.54, 1.807) is 12.1 Å². The molecule has 0 aliphatic heterocycles. The van der Waals surface area contributed by atoms with Crippen LogP contribution in [0.2, 0.25) is 0 Å². The van der Waals surface area contributed by atoms with Crippen LogP contribution in [0.3, 0.4) is 0 Å². The molecule has 0 aliphatic rings. The van der Waals surface area contributed by atoms with Gasteiger partial charge in [0.25, 0.3) is 0 Å². The molecule has 0 atom stereocenters. The van der Waals surface area contributed by atoms with E-state index in [0.717, 1.165) is 18.4 Å². The lowest BCUT2D eigenvalue weighted by atomic mass is 10.1. The number of imidazole rings is 1. The molecule has 0 spiro atoms. The molecular formula is C23H16F6N2O3S. The molecule has 1 heterocycles. The zero-order valence-electron chi connectivity index (χ0n) is 17.9. The van der Waals surface area contributed by atoms with Crippen molar-refractivity contribution in [2.45, 2.75) is 23.9 Å². The monoisotopic (exact) mass is 514 g/mol. The second-order valence-electron chi connectivity index (χ2n) is 7.64. The Bertz CT molecular complexity index is 1490. The molecule has 0 unspecified atom stereocenters. The van der Waals surface area contributed by atoms with Crippen LogP contribution in [0.4, 0.5) is 26.3 Å². The molecule has 5 nitrogen and oxygen atoms in total. The maximum atomic E-state index is 13.7. The summed E-state index contributed by atoms with van der Waals surface area (Å²) in [5.41, 5.74) is -1.94. The molecule has 0 saturated carbocycles. The highest BCUT2D eigenvalue weighted by molar-refractivity contribution is 7.90. The van der Waals surface area contributed by atoms with Crippen molar-refractivity contribution >= 4 is 20.9 Å². The van der Waals surface area contributed by atoms with E-state index in [1.165, 1.54) is 36.4 Å². The Balaban J connectivity index is 1.68. The third kappa shape index (κ3) is 5.11. The lowest BCUT2D eigenvalue weighted by Gasteiger charge is -2.13. The molecule has 184 valence electrons. The fraction of sp³-hybridized carbons (Fsp3) is 0.174. The summed E-state index contributed by atoms with van der Waals surface area (Å²) in [4.78, 5) is 3.40. The predicted molar refractivity (Wildman–Crippen MR) is 115 cm³/mol. The first kappa shape index (κ1) is 24.6. The largest absolute Gasteiger partial charge is 0.489 e. The molecule has 0 amide bonds. The molecule has 0 fully saturated rings. The summed E-state index contributed by atoms with van der Waals surface area (Å²) in [5.74, 6) is -1.23. The number of para-hydroxylation sites is 1. The SMILES string of the molecule is CS(=O)(=O)c1cccc(COc2ccc(-n3c(C(F)(F)F)nc4c(C(F)(F)F)cccc43)cc2)c1. The molecule has 1 aromatic heterocycles. The summed E-state index contributed by atoms with van der Waals surface area (Å²) in [6.45, 7) is -0.0144. The van der Waals surface area contributed by atoms with Crippen LogP contribution in [0.5, 0.6) is 5.75 Å². The fourth-order valence-corrected chi connectivity index (χ4v) is 4.19. The van der Waals surface area contributed by atoms with E-state index in [-0.39, 0.29) is 28.5 Å². The number of nitrogens with zero attached hydrogens (tertiary/aromatic N) is 2. The van der Waals surface area contributed by atoms with Crippen LogP contribution in [0.1, 0.15) is 17.0 Å². The van der Waals surface area contributed by atoms with Gasteiger partial charge in [0.2, 0.25) is 5.82 Å². The topological polar surface area (TPSA) is 61.2 Å². The van der Waals surface area contributed by atoms with E-state index in [9.17, 15) is 34.8 Å². The molecule has 4 rings (SSSR count). The van der Waals surface area contributed by atoms with Gasteiger partial charge in [-0.2, -0.15) is 26.3 Å². The van der Waals surface area contributed by atoms with Crippen molar-refractivity contribution in [2.24, 2.45) is 0 Å². The standard InChI is InChI=1S/C23H16F6N2O3S/c1-35(32,33)17-5-2-4-14(12-17)13-34-16-10-8-15(9-11-16)31-19-7-3-6-18(22(24,25)26)20(19)30-21(31)23(27,28)29/h2-12H,13H2,1H3. The predicted octanol–water partition coefficient (Wildman–Crippen LogP) is 6.05. The molecular weight excluding hydrogens is 498 g/mol. The van der Waals surface area contributed by atoms with E-state index in [4.69, 9.17) is 4.74 Å². The van der Waals surface area contributed by atoms with E-state index < -0.39 is 39.1 Å². The lowest BCUT2D eigenvalue weighted by Crippen LogP contribution is -2.13. The van der Waals surface area contributed by atoms with Crippen molar-refractivity contribution in [3.8, 4) is 11.4 Å². The van der Waals surface area contributed by atoms with Gasteiger partial charge < -0.3 is 4.74 Å². The summed E-state index contributed by atoms with van der Waals surface area (Å²) in [5, 5.41) is 0. The number of ether oxygens (including phenoxy) is 1. The Morgan fingerprint density at radius 2 is 1.54 bits per heavy atom. The number of fused-ring (bicyclic) bond motifs is 1. The summed E-state index contributed by atoms with van der Waals surface area (Å²) >= 11 is 0. The lowest BCUT2D eigenvalue weighted by molar-refractivity contribution is -0.146. The van der Waals surface area contributed by atoms with Gasteiger partial charge in [-0.15, -0.1) is 0 Å². The first-order valence-corrected chi connectivity index (χ1v) is 11.8. The van der Waals surface area contributed by atoms with Crippen molar-refractivity contribution < 1.29 is 39.5 Å². The molecule has 35 heavy (non-hydrogen) atoms. The highest BCUT2D eigenvalue weighted by Crippen LogP contribution is 2.39. The van der Waals surface area contributed by atoms with Gasteiger partial charge in [-0.3, -0.25) is 4.57 Å². The fourth-order valence-electron chi connectivity index (χ4n) is 3.50. The average Bonchev–Trinajstić information content (AvgIpc) is 3.17. The zero-order valence-corrected chi connectivity index (χ0v) is 18.7. The Hall–Kier alpha value is -3.54. The average molecular weight is 514 g/mol. The number of rotatable bonds is 5. The summed E-state index contributed by atoms with van der Waals surface area (Å²) in [6, 6.07) is 14.1. The smallest absolute Gasteiger partial charge is 0.450 e. The third-order valence-electron chi connectivity index (χ3n) is 5.07. The molecule has 4 aromatic rings. The third-order valence-corrected chi connectivity index (χ3v) is 6.18. The van der Waals surface area contributed by atoms with Crippen LogP contribution < -0.4 is 4.74 Å². The van der Waals surface area contributed by atoms with Crippen LogP contribution in [0.25, 0.3) is 16.7 Å². The van der Waals surface area contributed by atoms with Gasteiger partial charge >= 0.3 is 12.4 Å². The number of halogens is 6. The van der Waals surface area contributed by atoms with E-state index in [2.05, 4.69) is 4.98 Å². The quantitative estimate of drug-likeness (QED) is 0.305. The highest BCUT2D eigenvalue weighted by atomic mass is 32.2. The van der Waals surface area contributed by atoms with Gasteiger partial charge in [0.1, 0.15) is 17.9 Å². The van der Waals surface area contributed by atoms with Crippen molar-refractivity contribution in [3.63, 3.8) is 0 Å². The van der Waals surface area contributed by atoms with E-state index >= 15 is 0 Å². The van der Waals surface area contributed by atoms with Gasteiger partial charge in [-0.1, -0.05) is 18.2 Å². The number of benzene rings is 3.